The third-order valence-electron chi connectivity index (χ3n) is 2.52. The minimum absolute atomic E-state index is 0.241. The monoisotopic (exact) mass is 251 g/mol. The molecule has 3 N–H and O–H groups in total. The summed E-state index contributed by atoms with van der Waals surface area (Å²) in [4.78, 5) is 22.5. The Balaban J connectivity index is 2.79. The molecule has 1 rings (SSSR count). The van der Waals surface area contributed by atoms with Gasteiger partial charge in [-0.1, -0.05) is 37.3 Å². The zero-order valence-corrected chi connectivity index (χ0v) is 10.2. The molecule has 0 spiro atoms. The summed E-state index contributed by atoms with van der Waals surface area (Å²) in [6.07, 6.45) is -0.394. The van der Waals surface area contributed by atoms with Crippen LogP contribution in [0.1, 0.15) is 31.4 Å². The number of carbonyl (C=O) groups is 2. The van der Waals surface area contributed by atoms with E-state index in [1.807, 2.05) is 6.92 Å². The van der Waals surface area contributed by atoms with Crippen LogP contribution >= 0.6 is 0 Å². The number of rotatable bonds is 6. The quantitative estimate of drug-likeness (QED) is 0.706. The lowest BCUT2D eigenvalue weighted by Crippen LogP contribution is -2.44. The van der Waals surface area contributed by atoms with Gasteiger partial charge in [0.05, 0.1) is 0 Å². The van der Waals surface area contributed by atoms with E-state index in [2.05, 4.69) is 5.32 Å². The molecule has 5 heteroatoms. The van der Waals surface area contributed by atoms with Crippen molar-refractivity contribution >= 4 is 11.9 Å². The van der Waals surface area contributed by atoms with Gasteiger partial charge in [-0.15, -0.1) is 0 Å². The van der Waals surface area contributed by atoms with E-state index in [1.165, 1.54) is 0 Å². The van der Waals surface area contributed by atoms with Gasteiger partial charge in [0.2, 0.25) is 5.91 Å². The van der Waals surface area contributed by atoms with Crippen LogP contribution < -0.4 is 5.32 Å². The van der Waals surface area contributed by atoms with E-state index in [0.29, 0.717) is 12.0 Å². The van der Waals surface area contributed by atoms with Crippen LogP contribution in [-0.2, 0) is 9.59 Å². The van der Waals surface area contributed by atoms with E-state index in [1.54, 1.807) is 30.3 Å². The maximum Gasteiger partial charge on any atom is 0.329 e. The average Bonchev–Trinajstić information content (AvgIpc) is 2.36. The van der Waals surface area contributed by atoms with E-state index >= 15 is 0 Å². The first kappa shape index (κ1) is 14.2. The zero-order chi connectivity index (χ0) is 13.5. The number of aliphatic carboxylic acids is 1. The minimum Gasteiger partial charge on any atom is -0.480 e. The third-order valence-corrected chi connectivity index (χ3v) is 2.52. The summed E-state index contributed by atoms with van der Waals surface area (Å²) >= 11 is 0. The molecule has 5 nitrogen and oxygen atoms in total. The Labute approximate surface area is 105 Å². The zero-order valence-electron chi connectivity index (χ0n) is 10.2. The second-order valence-electron chi connectivity index (χ2n) is 3.99. The highest BCUT2D eigenvalue weighted by Gasteiger charge is 2.28. The SMILES string of the molecule is CCCC(=O)N[C@@H](C(=O)O)[C@@H](O)c1ccccc1. The van der Waals surface area contributed by atoms with Crippen LogP contribution in [0.4, 0.5) is 0 Å². The lowest BCUT2D eigenvalue weighted by Gasteiger charge is -2.20. The highest BCUT2D eigenvalue weighted by atomic mass is 16.4. The number of benzene rings is 1. The molecule has 2 atom stereocenters. The Morgan fingerprint density at radius 2 is 1.89 bits per heavy atom. The number of amides is 1. The smallest absolute Gasteiger partial charge is 0.329 e. The maximum absolute atomic E-state index is 11.4. The Kier molecular flexibility index (Phi) is 5.32. The molecule has 0 aliphatic heterocycles. The summed E-state index contributed by atoms with van der Waals surface area (Å²) in [5.74, 6) is -1.63. The van der Waals surface area contributed by atoms with Crippen molar-refractivity contribution in [3.8, 4) is 0 Å². The Morgan fingerprint density at radius 3 is 2.39 bits per heavy atom. The maximum atomic E-state index is 11.4. The van der Waals surface area contributed by atoms with Crippen LogP contribution in [0.25, 0.3) is 0 Å². The molecular weight excluding hydrogens is 234 g/mol. The van der Waals surface area contributed by atoms with Crippen LogP contribution in [0.5, 0.6) is 0 Å². The summed E-state index contributed by atoms with van der Waals surface area (Å²) in [6.45, 7) is 1.82. The molecule has 98 valence electrons. The molecular formula is C13H17NO4. The molecule has 0 saturated heterocycles. The topological polar surface area (TPSA) is 86.6 Å². The first-order chi connectivity index (χ1) is 8.56. The van der Waals surface area contributed by atoms with Crippen LogP contribution in [0, 0.1) is 0 Å². The van der Waals surface area contributed by atoms with E-state index in [9.17, 15) is 14.7 Å². The van der Waals surface area contributed by atoms with Gasteiger partial charge < -0.3 is 15.5 Å². The summed E-state index contributed by atoms with van der Waals surface area (Å²) < 4.78 is 0. The van der Waals surface area contributed by atoms with Crippen LogP contribution in [0.3, 0.4) is 0 Å². The van der Waals surface area contributed by atoms with Gasteiger partial charge in [0.1, 0.15) is 6.10 Å². The van der Waals surface area contributed by atoms with Crippen LogP contribution in [-0.4, -0.2) is 28.1 Å². The van der Waals surface area contributed by atoms with Gasteiger partial charge in [0, 0.05) is 6.42 Å². The minimum atomic E-state index is -1.33. The van der Waals surface area contributed by atoms with Crippen molar-refractivity contribution in [3.05, 3.63) is 35.9 Å². The Morgan fingerprint density at radius 1 is 1.28 bits per heavy atom. The fraction of sp³-hybridized carbons (Fsp3) is 0.385. The van der Waals surface area contributed by atoms with E-state index in [0.717, 1.165) is 0 Å². The Bertz CT molecular complexity index is 405. The molecule has 1 aromatic carbocycles. The standard InChI is InChI=1S/C13H17NO4/c1-2-6-10(15)14-11(13(17)18)12(16)9-7-4-3-5-8-9/h3-5,7-8,11-12,16H,2,6H2,1H3,(H,14,15)(H,17,18)/t11-,12+/m1/s1. The largest absolute Gasteiger partial charge is 0.480 e. The van der Waals surface area contributed by atoms with Crippen molar-refractivity contribution in [2.24, 2.45) is 0 Å². The number of carboxylic acid groups (broad SMARTS) is 1. The molecule has 0 fully saturated rings. The van der Waals surface area contributed by atoms with Crippen LogP contribution in [0.15, 0.2) is 30.3 Å². The number of hydrogen-bond donors (Lipinski definition) is 3. The summed E-state index contributed by atoms with van der Waals surface area (Å²) in [6, 6.07) is 7.07. The van der Waals surface area contributed by atoms with Crippen molar-refractivity contribution in [2.45, 2.75) is 31.9 Å². The fourth-order valence-corrected chi connectivity index (χ4v) is 1.59. The predicted octanol–water partition coefficient (Wildman–Crippen LogP) is 1.09. The van der Waals surface area contributed by atoms with Gasteiger partial charge in [-0.05, 0) is 12.0 Å². The molecule has 0 saturated carbocycles. The van der Waals surface area contributed by atoms with Gasteiger partial charge in [-0.25, -0.2) is 4.79 Å². The number of nitrogens with one attached hydrogen (secondary N) is 1. The van der Waals surface area contributed by atoms with E-state index < -0.39 is 18.1 Å². The van der Waals surface area contributed by atoms with Crippen molar-refractivity contribution in [2.75, 3.05) is 0 Å². The molecule has 0 radical (unpaired) electrons. The van der Waals surface area contributed by atoms with Crippen molar-refractivity contribution < 1.29 is 19.8 Å². The molecule has 0 heterocycles. The van der Waals surface area contributed by atoms with E-state index in [-0.39, 0.29) is 12.3 Å². The first-order valence-corrected chi connectivity index (χ1v) is 5.81. The van der Waals surface area contributed by atoms with Gasteiger partial charge in [-0.2, -0.15) is 0 Å². The molecule has 0 bridgehead atoms. The summed E-state index contributed by atoms with van der Waals surface area (Å²) in [5.41, 5.74) is 0.460. The summed E-state index contributed by atoms with van der Waals surface area (Å²) in [7, 11) is 0. The molecule has 1 aromatic rings. The number of aliphatic hydroxyl groups excluding tert-OH is 1. The van der Waals surface area contributed by atoms with Crippen LogP contribution in [0.2, 0.25) is 0 Å². The summed E-state index contributed by atoms with van der Waals surface area (Å²) in [5, 5.41) is 21.3. The van der Waals surface area contributed by atoms with Gasteiger partial charge >= 0.3 is 5.97 Å². The fourth-order valence-electron chi connectivity index (χ4n) is 1.59. The average molecular weight is 251 g/mol. The lowest BCUT2D eigenvalue weighted by molar-refractivity contribution is -0.145. The van der Waals surface area contributed by atoms with Crippen molar-refractivity contribution in [1.82, 2.24) is 5.32 Å². The highest BCUT2D eigenvalue weighted by Crippen LogP contribution is 2.16. The number of carbonyl (C=O) groups excluding carboxylic acids is 1. The Hall–Kier alpha value is -1.88. The number of aliphatic hydroxyl groups is 1. The second kappa shape index (κ2) is 6.76. The molecule has 18 heavy (non-hydrogen) atoms. The molecule has 0 unspecified atom stereocenters. The van der Waals surface area contributed by atoms with Crippen molar-refractivity contribution in [1.29, 1.82) is 0 Å². The number of carboxylic acids is 1. The highest BCUT2D eigenvalue weighted by molar-refractivity contribution is 5.84. The molecule has 0 aromatic heterocycles. The predicted molar refractivity (Wildman–Crippen MR) is 65.9 cm³/mol. The second-order valence-corrected chi connectivity index (χ2v) is 3.99. The molecule has 1 amide bonds. The van der Waals surface area contributed by atoms with Gasteiger partial charge in [0.15, 0.2) is 6.04 Å². The first-order valence-electron chi connectivity index (χ1n) is 5.81. The van der Waals surface area contributed by atoms with Gasteiger partial charge in [0.25, 0.3) is 0 Å². The lowest BCUT2D eigenvalue weighted by atomic mass is 10.0. The third kappa shape index (κ3) is 3.85. The van der Waals surface area contributed by atoms with Crippen molar-refractivity contribution in [3.63, 3.8) is 0 Å². The van der Waals surface area contributed by atoms with E-state index in [4.69, 9.17) is 5.11 Å². The molecule has 0 aliphatic rings. The normalized spacial score (nSPS) is 13.7. The van der Waals surface area contributed by atoms with Gasteiger partial charge in [-0.3, -0.25) is 4.79 Å². The molecule has 0 aliphatic carbocycles. The number of hydrogen-bond acceptors (Lipinski definition) is 3.